The van der Waals surface area contributed by atoms with E-state index in [4.69, 9.17) is 6.42 Å². The van der Waals surface area contributed by atoms with Crippen LogP contribution in [0.3, 0.4) is 0 Å². The van der Waals surface area contributed by atoms with Crippen molar-refractivity contribution < 1.29 is 0 Å². The molecule has 0 bridgehead atoms. The van der Waals surface area contributed by atoms with Crippen molar-refractivity contribution in [1.29, 1.82) is 0 Å². The fourth-order valence-corrected chi connectivity index (χ4v) is 3.80. The van der Waals surface area contributed by atoms with E-state index in [9.17, 15) is 0 Å². The van der Waals surface area contributed by atoms with Crippen LogP contribution in [-0.4, -0.2) is 4.90 Å². The second kappa shape index (κ2) is 8.11. The first-order valence-corrected chi connectivity index (χ1v) is 9.07. The summed E-state index contributed by atoms with van der Waals surface area (Å²) in [5, 5.41) is 0. The van der Waals surface area contributed by atoms with E-state index in [-0.39, 0.29) is 0 Å². The minimum Gasteiger partial charge on any atom is -0.322 e. The average Bonchev–Trinajstić information content (AvgIpc) is 2.58. The van der Waals surface area contributed by atoms with Crippen LogP contribution in [0.5, 0.6) is 0 Å². The largest absolute Gasteiger partial charge is 0.322 e. The molecule has 0 spiro atoms. The third-order valence-corrected chi connectivity index (χ3v) is 4.92. The lowest BCUT2D eigenvalue weighted by molar-refractivity contribution is 0.502. The standard InChI is InChI=1S/C25H29N/c1-9-11-12-14-19(6)26-20(7)23(13-10-2)24-16-22(17(3)4)15-18(5)25(24)21(26)8/h1,10-16,18H,3H2,2,4-8H3/b12-11-,13-10-,19-14+. The van der Waals surface area contributed by atoms with Gasteiger partial charge in [0, 0.05) is 28.6 Å². The first kappa shape index (κ1) is 19.6. The molecule has 0 saturated carbocycles. The molecule has 1 nitrogen and oxygen atoms in total. The molecule has 0 amide bonds. The number of terminal acetylenes is 1. The Morgan fingerprint density at radius 1 is 1.27 bits per heavy atom. The van der Waals surface area contributed by atoms with Crippen molar-refractivity contribution >= 4 is 0 Å². The number of nitrogens with zero attached hydrogens (tertiary/aromatic N) is 1. The van der Waals surface area contributed by atoms with E-state index in [0.29, 0.717) is 5.92 Å². The molecule has 1 aliphatic heterocycles. The van der Waals surface area contributed by atoms with Gasteiger partial charge in [0.1, 0.15) is 0 Å². The number of rotatable bonds is 4. The van der Waals surface area contributed by atoms with Gasteiger partial charge < -0.3 is 4.90 Å². The summed E-state index contributed by atoms with van der Waals surface area (Å²) in [5.41, 5.74) is 9.95. The molecule has 1 atom stereocenters. The monoisotopic (exact) mass is 343 g/mol. The number of allylic oxidation sites excluding steroid dienone is 15. The van der Waals surface area contributed by atoms with Crippen LogP contribution in [0.25, 0.3) is 0 Å². The second-order valence-electron chi connectivity index (χ2n) is 6.92. The van der Waals surface area contributed by atoms with Crippen LogP contribution >= 0.6 is 0 Å². The Kier molecular flexibility index (Phi) is 6.11. The highest BCUT2D eigenvalue weighted by Gasteiger charge is 2.30. The van der Waals surface area contributed by atoms with Crippen LogP contribution in [0.15, 0.2) is 94.1 Å². The van der Waals surface area contributed by atoms with Gasteiger partial charge >= 0.3 is 0 Å². The van der Waals surface area contributed by atoms with E-state index < -0.39 is 0 Å². The molecule has 1 unspecified atom stereocenters. The smallest absolute Gasteiger partial charge is 0.0273 e. The summed E-state index contributed by atoms with van der Waals surface area (Å²) < 4.78 is 0. The summed E-state index contributed by atoms with van der Waals surface area (Å²) in [5.74, 6) is 2.88. The predicted molar refractivity (Wildman–Crippen MR) is 114 cm³/mol. The lowest BCUT2D eigenvalue weighted by Crippen LogP contribution is -2.28. The number of hydrogen-bond acceptors (Lipinski definition) is 1. The van der Waals surface area contributed by atoms with E-state index in [0.717, 1.165) is 11.3 Å². The fraction of sp³-hybridized carbons (Fsp3) is 0.280. The van der Waals surface area contributed by atoms with E-state index in [2.05, 4.69) is 89.3 Å². The van der Waals surface area contributed by atoms with Crippen LogP contribution < -0.4 is 0 Å². The van der Waals surface area contributed by atoms with Crippen molar-refractivity contribution in [2.45, 2.75) is 41.5 Å². The van der Waals surface area contributed by atoms with Crippen LogP contribution in [-0.2, 0) is 0 Å². The summed E-state index contributed by atoms with van der Waals surface area (Å²) >= 11 is 0. The normalized spacial score (nSPS) is 21.2. The van der Waals surface area contributed by atoms with E-state index in [1.165, 1.54) is 33.7 Å². The second-order valence-corrected chi connectivity index (χ2v) is 6.92. The van der Waals surface area contributed by atoms with Crippen molar-refractivity contribution in [3.05, 3.63) is 94.1 Å². The molecular formula is C25H29N. The van der Waals surface area contributed by atoms with Crippen molar-refractivity contribution in [1.82, 2.24) is 4.90 Å². The number of hydrogen-bond donors (Lipinski definition) is 0. The first-order valence-electron chi connectivity index (χ1n) is 9.07. The summed E-state index contributed by atoms with van der Waals surface area (Å²) in [7, 11) is 0. The third-order valence-electron chi connectivity index (χ3n) is 4.92. The maximum atomic E-state index is 5.32. The zero-order chi connectivity index (χ0) is 19.4. The van der Waals surface area contributed by atoms with Crippen molar-refractivity contribution in [2.24, 2.45) is 5.92 Å². The Bertz CT molecular complexity index is 870. The van der Waals surface area contributed by atoms with E-state index in [1.54, 1.807) is 6.08 Å². The molecule has 1 heterocycles. The minimum absolute atomic E-state index is 0.339. The average molecular weight is 344 g/mol. The first-order chi connectivity index (χ1) is 12.3. The highest BCUT2D eigenvalue weighted by molar-refractivity contribution is 5.65. The van der Waals surface area contributed by atoms with Crippen LogP contribution in [0, 0.1) is 18.3 Å². The zero-order valence-corrected chi connectivity index (χ0v) is 16.9. The molecule has 0 aromatic carbocycles. The summed E-state index contributed by atoms with van der Waals surface area (Å²) in [4.78, 5) is 2.33. The Balaban J connectivity index is 2.70. The van der Waals surface area contributed by atoms with Gasteiger partial charge in [-0.05, 0) is 69.6 Å². The molecule has 0 saturated heterocycles. The van der Waals surface area contributed by atoms with Gasteiger partial charge in [-0.15, -0.1) is 6.42 Å². The highest BCUT2D eigenvalue weighted by atomic mass is 15.2. The number of fused-ring (bicyclic) bond motifs is 1. The van der Waals surface area contributed by atoms with E-state index in [1.807, 2.05) is 6.08 Å². The van der Waals surface area contributed by atoms with Crippen LogP contribution in [0.4, 0.5) is 0 Å². The molecule has 0 aromatic heterocycles. The summed E-state index contributed by atoms with van der Waals surface area (Å²) in [6.45, 7) is 17.1. The van der Waals surface area contributed by atoms with Gasteiger partial charge in [0.2, 0.25) is 0 Å². The van der Waals surface area contributed by atoms with Crippen LogP contribution in [0.1, 0.15) is 41.5 Å². The maximum absolute atomic E-state index is 5.32. The molecular weight excluding hydrogens is 314 g/mol. The Morgan fingerprint density at radius 2 is 1.96 bits per heavy atom. The molecule has 134 valence electrons. The van der Waals surface area contributed by atoms with Crippen molar-refractivity contribution in [3.63, 3.8) is 0 Å². The van der Waals surface area contributed by atoms with Crippen molar-refractivity contribution in [3.8, 4) is 12.3 Å². The Hall–Kier alpha value is -2.72. The lowest BCUT2D eigenvalue weighted by Gasteiger charge is -2.39. The molecule has 0 radical (unpaired) electrons. The molecule has 2 aliphatic rings. The van der Waals surface area contributed by atoms with Gasteiger partial charge in [-0.1, -0.05) is 49.3 Å². The van der Waals surface area contributed by atoms with Gasteiger partial charge in [-0.25, -0.2) is 0 Å². The minimum atomic E-state index is 0.339. The van der Waals surface area contributed by atoms with Gasteiger partial charge in [-0.2, -0.15) is 0 Å². The van der Waals surface area contributed by atoms with Crippen molar-refractivity contribution in [2.75, 3.05) is 0 Å². The fourth-order valence-electron chi connectivity index (χ4n) is 3.80. The molecule has 0 N–H and O–H groups in total. The molecule has 2 rings (SSSR count). The molecule has 1 aliphatic carbocycles. The topological polar surface area (TPSA) is 3.24 Å². The quantitative estimate of drug-likeness (QED) is 0.411. The van der Waals surface area contributed by atoms with Gasteiger partial charge in [0.05, 0.1) is 0 Å². The third kappa shape index (κ3) is 3.60. The van der Waals surface area contributed by atoms with Crippen LogP contribution in [0.2, 0.25) is 0 Å². The van der Waals surface area contributed by atoms with Gasteiger partial charge in [0.15, 0.2) is 0 Å². The SMILES string of the molecule is C#C/C=C\C=C(/C)N1C(C)=C(/C=C\C)C2=CC(C(=C)C)=CC(C)C2=C1C. The van der Waals surface area contributed by atoms with Gasteiger partial charge in [0.25, 0.3) is 0 Å². The zero-order valence-electron chi connectivity index (χ0n) is 16.9. The summed E-state index contributed by atoms with van der Waals surface area (Å²) in [6, 6.07) is 0. The maximum Gasteiger partial charge on any atom is 0.0273 e. The lowest BCUT2D eigenvalue weighted by atomic mass is 9.77. The summed E-state index contributed by atoms with van der Waals surface area (Å²) in [6.07, 6.45) is 19.9. The predicted octanol–water partition coefficient (Wildman–Crippen LogP) is 6.60. The Labute approximate surface area is 159 Å². The molecule has 1 heteroatoms. The molecule has 26 heavy (non-hydrogen) atoms. The molecule has 0 fully saturated rings. The Morgan fingerprint density at radius 3 is 2.54 bits per heavy atom. The van der Waals surface area contributed by atoms with E-state index >= 15 is 0 Å². The van der Waals surface area contributed by atoms with Gasteiger partial charge in [-0.3, -0.25) is 0 Å². The highest BCUT2D eigenvalue weighted by Crippen LogP contribution is 2.44. The molecule has 0 aromatic rings.